The first-order valence-corrected chi connectivity index (χ1v) is 4.68. The zero-order valence-corrected chi connectivity index (χ0v) is 8.24. The van der Waals surface area contributed by atoms with Crippen molar-refractivity contribution in [3.63, 3.8) is 0 Å². The topological polar surface area (TPSA) is 21.6 Å². The fraction of sp³-hybridized carbons (Fsp3) is 0.222. The van der Waals surface area contributed by atoms with Crippen LogP contribution in [0.1, 0.15) is 13.8 Å². The third-order valence-corrected chi connectivity index (χ3v) is 1.92. The van der Waals surface area contributed by atoms with Crippen LogP contribution in [0.2, 0.25) is 0 Å². The Hall–Kier alpha value is -1.09. The van der Waals surface area contributed by atoms with Gasteiger partial charge < -0.3 is 4.53 Å². The maximum atomic E-state index is 5.10. The minimum atomic E-state index is 0.310. The summed E-state index contributed by atoms with van der Waals surface area (Å²) in [7, 11) is 0.310. The lowest BCUT2D eigenvalue weighted by atomic mass is 10.4. The van der Waals surface area contributed by atoms with E-state index in [1.807, 2.05) is 44.2 Å². The summed E-state index contributed by atoms with van der Waals surface area (Å²) in [6.07, 6.45) is 0. The van der Waals surface area contributed by atoms with E-state index in [1.165, 1.54) is 5.19 Å². The summed E-state index contributed by atoms with van der Waals surface area (Å²) in [4.78, 5) is 0. The maximum absolute atomic E-state index is 5.10. The minimum Gasteiger partial charge on any atom is -0.448 e. The Morgan fingerprint density at radius 1 is 1.25 bits per heavy atom. The summed E-state index contributed by atoms with van der Waals surface area (Å²) in [6.45, 7) is 3.82. The van der Waals surface area contributed by atoms with Crippen LogP contribution in [0.4, 0.5) is 0 Å². The van der Waals surface area contributed by atoms with Crippen molar-refractivity contribution in [2.75, 3.05) is 0 Å². The van der Waals surface area contributed by atoms with E-state index in [-0.39, 0.29) is 0 Å². The molecule has 12 heavy (non-hydrogen) atoms. The number of rotatable bonds is 3. The van der Waals surface area contributed by atoms with E-state index in [2.05, 4.69) is 5.16 Å². The molecule has 0 aromatic heterocycles. The number of nitrogens with zero attached hydrogens (tertiary/aromatic N) is 1. The molecule has 0 aliphatic carbocycles. The van der Waals surface area contributed by atoms with Gasteiger partial charge in [-0.05, 0) is 19.0 Å². The van der Waals surface area contributed by atoms with Gasteiger partial charge in [0, 0.05) is 5.71 Å². The Labute approximate surface area is 75.2 Å². The van der Waals surface area contributed by atoms with Gasteiger partial charge in [-0.3, -0.25) is 0 Å². The molecule has 2 nitrogen and oxygen atoms in total. The van der Waals surface area contributed by atoms with Gasteiger partial charge in [0.15, 0.2) is 0 Å². The second-order valence-electron chi connectivity index (χ2n) is 2.60. The molecule has 0 atom stereocenters. The number of oxime groups is 1. The Balaban J connectivity index is 2.39. The fourth-order valence-corrected chi connectivity index (χ4v) is 1.34. The van der Waals surface area contributed by atoms with Crippen LogP contribution in [0.3, 0.4) is 0 Å². The van der Waals surface area contributed by atoms with Gasteiger partial charge in [0.2, 0.25) is 0 Å². The van der Waals surface area contributed by atoms with Gasteiger partial charge in [-0.25, -0.2) is 0 Å². The van der Waals surface area contributed by atoms with Crippen molar-refractivity contribution < 1.29 is 4.53 Å². The van der Waals surface area contributed by atoms with Crippen molar-refractivity contribution in [3.05, 3.63) is 30.3 Å². The largest absolute Gasteiger partial charge is 0.448 e. The van der Waals surface area contributed by atoms with E-state index in [0.717, 1.165) is 5.71 Å². The average Bonchev–Trinajstić information content (AvgIpc) is 2.05. The van der Waals surface area contributed by atoms with Crippen molar-refractivity contribution in [3.8, 4) is 0 Å². The number of hydrogen-bond donors (Lipinski definition) is 0. The fourth-order valence-electron chi connectivity index (χ4n) is 0.673. The molecule has 0 saturated carbocycles. The number of benzene rings is 1. The van der Waals surface area contributed by atoms with Crippen molar-refractivity contribution >= 4 is 20.7 Å². The molecular weight excluding hydrogens is 166 g/mol. The van der Waals surface area contributed by atoms with Crippen LogP contribution in [-0.2, 0) is 4.53 Å². The summed E-state index contributed by atoms with van der Waals surface area (Å²) in [5, 5.41) is 5.02. The maximum Gasteiger partial charge on any atom is 0.393 e. The van der Waals surface area contributed by atoms with E-state index in [0.29, 0.717) is 9.76 Å². The number of hydrogen-bond acceptors (Lipinski definition) is 2. The SMILES string of the molecule is CC(C)=NO[Si]c1ccccc1. The molecule has 0 aliphatic heterocycles. The van der Waals surface area contributed by atoms with Crippen LogP contribution in [0.25, 0.3) is 0 Å². The highest BCUT2D eigenvalue weighted by atomic mass is 28.2. The van der Waals surface area contributed by atoms with Gasteiger partial charge in [-0.2, -0.15) is 0 Å². The average molecular weight is 177 g/mol. The summed E-state index contributed by atoms with van der Waals surface area (Å²) >= 11 is 0. The molecule has 1 rings (SSSR count). The Bertz CT molecular complexity index is 254. The molecule has 0 heterocycles. The molecule has 3 heteroatoms. The minimum absolute atomic E-state index is 0.310. The van der Waals surface area contributed by atoms with Crippen molar-refractivity contribution in [2.24, 2.45) is 5.16 Å². The molecule has 62 valence electrons. The third-order valence-electron chi connectivity index (χ3n) is 1.17. The molecule has 0 aliphatic rings. The first-order valence-electron chi connectivity index (χ1n) is 3.77. The molecular formula is C9H11NOSi. The highest BCUT2D eigenvalue weighted by Crippen LogP contribution is 1.83. The molecule has 0 amide bonds. The highest BCUT2D eigenvalue weighted by Gasteiger charge is 1.94. The molecule has 0 bridgehead atoms. The molecule has 0 spiro atoms. The van der Waals surface area contributed by atoms with Gasteiger partial charge in [0.25, 0.3) is 0 Å². The van der Waals surface area contributed by atoms with E-state index < -0.39 is 0 Å². The quantitative estimate of drug-likeness (QED) is 0.388. The predicted octanol–water partition coefficient (Wildman–Crippen LogP) is 1.34. The summed E-state index contributed by atoms with van der Waals surface area (Å²) in [6, 6.07) is 10.0. The van der Waals surface area contributed by atoms with Crippen molar-refractivity contribution in [1.82, 2.24) is 0 Å². The van der Waals surface area contributed by atoms with Gasteiger partial charge in [-0.1, -0.05) is 30.3 Å². The lowest BCUT2D eigenvalue weighted by Gasteiger charge is -1.96. The van der Waals surface area contributed by atoms with Crippen LogP contribution in [0.5, 0.6) is 0 Å². The van der Waals surface area contributed by atoms with E-state index in [1.54, 1.807) is 0 Å². The normalized spacial score (nSPS) is 9.17. The van der Waals surface area contributed by atoms with E-state index in [9.17, 15) is 0 Å². The predicted molar refractivity (Wildman–Crippen MR) is 51.7 cm³/mol. The van der Waals surface area contributed by atoms with Gasteiger partial charge in [0.05, 0.1) is 0 Å². The summed E-state index contributed by atoms with van der Waals surface area (Å²) in [5.41, 5.74) is 0.943. The van der Waals surface area contributed by atoms with Gasteiger partial charge in [-0.15, -0.1) is 5.16 Å². The molecule has 0 saturated heterocycles. The molecule has 0 fully saturated rings. The Morgan fingerprint density at radius 2 is 1.92 bits per heavy atom. The molecule has 1 aromatic rings. The first kappa shape index (κ1) is 9.00. The molecule has 1 aromatic carbocycles. The van der Waals surface area contributed by atoms with Crippen LogP contribution in [0.15, 0.2) is 35.5 Å². The van der Waals surface area contributed by atoms with Crippen molar-refractivity contribution in [2.45, 2.75) is 13.8 Å². The van der Waals surface area contributed by atoms with Crippen LogP contribution >= 0.6 is 0 Å². The smallest absolute Gasteiger partial charge is 0.393 e. The second-order valence-corrected chi connectivity index (χ2v) is 3.56. The first-order chi connectivity index (χ1) is 5.79. The standard InChI is InChI=1S/C9H11NOSi/c1-8(2)10-11-12-9-6-4-3-5-7-9/h3-7H,1-2H3. The second kappa shape index (κ2) is 4.72. The zero-order chi connectivity index (χ0) is 8.81. The highest BCUT2D eigenvalue weighted by molar-refractivity contribution is 6.46. The van der Waals surface area contributed by atoms with Crippen LogP contribution < -0.4 is 5.19 Å². The molecule has 0 unspecified atom stereocenters. The monoisotopic (exact) mass is 177 g/mol. The van der Waals surface area contributed by atoms with Gasteiger partial charge >= 0.3 is 9.76 Å². The lowest BCUT2D eigenvalue weighted by molar-refractivity contribution is 0.369. The summed E-state index contributed by atoms with van der Waals surface area (Å²) < 4.78 is 5.10. The van der Waals surface area contributed by atoms with E-state index in [4.69, 9.17) is 4.53 Å². The van der Waals surface area contributed by atoms with E-state index >= 15 is 0 Å². The zero-order valence-electron chi connectivity index (χ0n) is 7.24. The molecule has 0 N–H and O–H groups in total. The van der Waals surface area contributed by atoms with Crippen molar-refractivity contribution in [1.29, 1.82) is 0 Å². The van der Waals surface area contributed by atoms with Crippen LogP contribution in [-0.4, -0.2) is 15.5 Å². The summed E-state index contributed by atoms with van der Waals surface area (Å²) in [5.74, 6) is 0. The van der Waals surface area contributed by atoms with Crippen LogP contribution in [0, 0.1) is 0 Å². The van der Waals surface area contributed by atoms with Gasteiger partial charge in [0.1, 0.15) is 0 Å². The Morgan fingerprint density at radius 3 is 2.50 bits per heavy atom. The third kappa shape index (κ3) is 3.34. The molecule has 2 radical (unpaired) electrons. The lowest BCUT2D eigenvalue weighted by Crippen LogP contribution is -2.14. The Kier molecular flexibility index (Phi) is 3.54.